The minimum absolute atomic E-state index is 0.327. The molecule has 0 amide bonds. The van der Waals surface area contributed by atoms with Gasteiger partial charge in [-0.05, 0) is 54.7 Å². The summed E-state index contributed by atoms with van der Waals surface area (Å²) in [7, 11) is 0. The van der Waals surface area contributed by atoms with Gasteiger partial charge in [-0.15, -0.1) is 13.2 Å². The average Bonchev–Trinajstić information content (AvgIpc) is 2.62. The molecule has 0 radical (unpaired) electrons. The van der Waals surface area contributed by atoms with Gasteiger partial charge < -0.3 is 9.47 Å². The number of hydrogen-bond donors (Lipinski definition) is 0. The van der Waals surface area contributed by atoms with Crippen molar-refractivity contribution in [2.45, 2.75) is 39.0 Å². The Kier molecular flexibility index (Phi) is 5.91. The van der Waals surface area contributed by atoms with E-state index in [-0.39, 0.29) is 11.3 Å². The molecular formula is C21H17F5O3. The third-order valence-corrected chi connectivity index (χ3v) is 4.45. The number of hydrogen-bond acceptors (Lipinski definition) is 3. The van der Waals surface area contributed by atoms with Crippen LogP contribution in [-0.4, -0.2) is 12.3 Å². The van der Waals surface area contributed by atoms with Gasteiger partial charge in [-0.3, -0.25) is 0 Å². The summed E-state index contributed by atoms with van der Waals surface area (Å²) in [4.78, 5) is 12.3. The largest absolute Gasteiger partial charge is 0.573 e. The van der Waals surface area contributed by atoms with Gasteiger partial charge in [-0.25, -0.2) is 13.6 Å². The van der Waals surface area contributed by atoms with Crippen LogP contribution in [0.5, 0.6) is 11.5 Å². The Morgan fingerprint density at radius 1 is 1.07 bits per heavy atom. The van der Waals surface area contributed by atoms with E-state index >= 15 is 0 Å². The van der Waals surface area contributed by atoms with Crippen LogP contribution in [0, 0.1) is 11.6 Å². The van der Waals surface area contributed by atoms with Crippen LogP contribution >= 0.6 is 0 Å². The molecule has 0 aromatic heterocycles. The average molecular weight is 412 g/mol. The van der Waals surface area contributed by atoms with Crippen LogP contribution in [0.3, 0.4) is 0 Å². The summed E-state index contributed by atoms with van der Waals surface area (Å²) >= 11 is 0. The Balaban J connectivity index is 1.77. The standard InChI is InChI=1S/C21H17F5O3/c1-2-3-12-4-5-13-9-16(17(22)10-14(13)8-12)20(27)28-15-6-7-19(18(23)11-15)29-21(24,25)26/h4,6-7,9-11H,2-3,5,8H2,1H3. The highest BCUT2D eigenvalue weighted by Crippen LogP contribution is 2.30. The molecule has 0 bridgehead atoms. The Bertz CT molecular complexity index is 964. The number of benzene rings is 2. The summed E-state index contributed by atoms with van der Waals surface area (Å²) in [5.74, 6) is -4.65. The predicted octanol–water partition coefficient (Wildman–Crippen LogP) is 5.91. The summed E-state index contributed by atoms with van der Waals surface area (Å²) in [5, 5.41) is 0. The molecular weight excluding hydrogens is 395 g/mol. The van der Waals surface area contributed by atoms with Crippen LogP contribution in [0.1, 0.15) is 41.3 Å². The van der Waals surface area contributed by atoms with Crippen molar-refractivity contribution in [2.75, 3.05) is 0 Å². The second-order valence-electron chi connectivity index (χ2n) is 6.62. The zero-order valence-electron chi connectivity index (χ0n) is 15.4. The molecule has 0 fully saturated rings. The van der Waals surface area contributed by atoms with Gasteiger partial charge in [0.1, 0.15) is 11.6 Å². The molecule has 3 rings (SSSR count). The quantitative estimate of drug-likeness (QED) is 0.265. The van der Waals surface area contributed by atoms with Crippen molar-refractivity contribution >= 4 is 5.97 Å². The Labute approximate surface area is 163 Å². The zero-order chi connectivity index (χ0) is 21.2. The van der Waals surface area contributed by atoms with Crippen LogP contribution in [0.4, 0.5) is 22.0 Å². The number of esters is 1. The highest BCUT2D eigenvalue weighted by molar-refractivity contribution is 5.91. The zero-order valence-corrected chi connectivity index (χ0v) is 15.4. The predicted molar refractivity (Wildman–Crippen MR) is 94.8 cm³/mol. The molecule has 0 spiro atoms. The SMILES string of the molecule is CCCC1=CCc2cc(C(=O)Oc3ccc(OC(F)(F)F)c(F)c3)c(F)cc2C1. The van der Waals surface area contributed by atoms with Crippen LogP contribution < -0.4 is 9.47 Å². The number of allylic oxidation sites excluding steroid dienone is 2. The Morgan fingerprint density at radius 2 is 1.83 bits per heavy atom. The molecule has 0 saturated carbocycles. The van der Waals surface area contributed by atoms with Gasteiger partial charge in [0.15, 0.2) is 11.6 Å². The lowest BCUT2D eigenvalue weighted by atomic mass is 9.88. The van der Waals surface area contributed by atoms with Gasteiger partial charge in [-0.1, -0.05) is 25.0 Å². The maximum Gasteiger partial charge on any atom is 0.573 e. The number of carbonyl (C=O) groups excluding carboxylic acids is 1. The minimum atomic E-state index is -5.06. The van der Waals surface area contributed by atoms with Crippen molar-refractivity contribution in [3.8, 4) is 11.5 Å². The second kappa shape index (κ2) is 8.23. The summed E-state index contributed by atoms with van der Waals surface area (Å²) in [5.41, 5.74) is 2.47. The fourth-order valence-corrected chi connectivity index (χ4v) is 3.17. The number of carbonyl (C=O) groups is 1. The molecule has 0 heterocycles. The Morgan fingerprint density at radius 3 is 2.48 bits per heavy atom. The summed E-state index contributed by atoms with van der Waals surface area (Å²) in [6.45, 7) is 2.06. The second-order valence-corrected chi connectivity index (χ2v) is 6.62. The third kappa shape index (κ3) is 5.13. The lowest BCUT2D eigenvalue weighted by molar-refractivity contribution is -0.275. The summed E-state index contributed by atoms with van der Waals surface area (Å²) in [6, 6.07) is 4.85. The van der Waals surface area contributed by atoms with E-state index in [1.54, 1.807) is 0 Å². The van der Waals surface area contributed by atoms with Gasteiger partial charge in [0.25, 0.3) is 0 Å². The molecule has 29 heavy (non-hydrogen) atoms. The van der Waals surface area contributed by atoms with Gasteiger partial charge in [0.05, 0.1) is 5.56 Å². The maximum atomic E-state index is 14.4. The normalized spacial score (nSPS) is 13.5. The van der Waals surface area contributed by atoms with E-state index in [9.17, 15) is 26.7 Å². The summed E-state index contributed by atoms with van der Waals surface area (Å²) < 4.78 is 73.2. The molecule has 2 aromatic carbocycles. The van der Waals surface area contributed by atoms with E-state index in [2.05, 4.69) is 11.7 Å². The van der Waals surface area contributed by atoms with Crippen molar-refractivity contribution < 1.29 is 36.2 Å². The molecule has 0 atom stereocenters. The number of fused-ring (bicyclic) bond motifs is 1. The van der Waals surface area contributed by atoms with E-state index < -0.39 is 29.7 Å². The minimum Gasteiger partial charge on any atom is -0.423 e. The highest BCUT2D eigenvalue weighted by atomic mass is 19.4. The van der Waals surface area contributed by atoms with Gasteiger partial charge in [-0.2, -0.15) is 0 Å². The van der Waals surface area contributed by atoms with Crippen molar-refractivity contribution in [1.29, 1.82) is 0 Å². The van der Waals surface area contributed by atoms with Gasteiger partial charge in [0, 0.05) is 6.07 Å². The first-order valence-electron chi connectivity index (χ1n) is 8.93. The maximum absolute atomic E-state index is 14.4. The van der Waals surface area contributed by atoms with Crippen molar-refractivity contribution in [3.63, 3.8) is 0 Å². The topological polar surface area (TPSA) is 35.5 Å². The van der Waals surface area contributed by atoms with E-state index in [4.69, 9.17) is 4.74 Å². The monoisotopic (exact) mass is 412 g/mol. The number of ether oxygens (including phenoxy) is 2. The highest BCUT2D eigenvalue weighted by Gasteiger charge is 2.32. The van der Waals surface area contributed by atoms with Crippen molar-refractivity contribution in [2.24, 2.45) is 0 Å². The Hall–Kier alpha value is -2.90. The molecule has 0 unspecified atom stereocenters. The first-order valence-corrected chi connectivity index (χ1v) is 8.93. The molecule has 3 nitrogen and oxygen atoms in total. The smallest absolute Gasteiger partial charge is 0.423 e. The van der Waals surface area contributed by atoms with Crippen LogP contribution in [0.15, 0.2) is 42.0 Å². The fourth-order valence-electron chi connectivity index (χ4n) is 3.17. The van der Waals surface area contributed by atoms with Crippen LogP contribution in [-0.2, 0) is 12.8 Å². The number of halogens is 5. The van der Waals surface area contributed by atoms with Crippen molar-refractivity contribution in [3.05, 3.63) is 70.3 Å². The molecule has 154 valence electrons. The molecule has 2 aromatic rings. The van der Waals surface area contributed by atoms with E-state index in [1.807, 2.05) is 6.08 Å². The molecule has 8 heteroatoms. The molecule has 1 aliphatic carbocycles. The molecule has 1 aliphatic rings. The molecule has 0 aliphatic heterocycles. The van der Waals surface area contributed by atoms with E-state index in [0.29, 0.717) is 25.0 Å². The van der Waals surface area contributed by atoms with Crippen LogP contribution in [0.25, 0.3) is 0 Å². The first kappa shape index (κ1) is 20.8. The van der Waals surface area contributed by atoms with Crippen molar-refractivity contribution in [1.82, 2.24) is 0 Å². The number of rotatable bonds is 5. The fraction of sp³-hybridized carbons (Fsp3) is 0.286. The molecule has 0 saturated heterocycles. The van der Waals surface area contributed by atoms with E-state index in [1.165, 1.54) is 17.7 Å². The molecule has 0 N–H and O–H groups in total. The van der Waals surface area contributed by atoms with Gasteiger partial charge in [0.2, 0.25) is 0 Å². The summed E-state index contributed by atoms with van der Waals surface area (Å²) in [6.07, 6.45) is 0.0663. The van der Waals surface area contributed by atoms with E-state index in [0.717, 1.165) is 30.0 Å². The lowest BCUT2D eigenvalue weighted by Gasteiger charge is -2.18. The lowest BCUT2D eigenvalue weighted by Crippen LogP contribution is -2.18. The number of alkyl halides is 3. The van der Waals surface area contributed by atoms with Gasteiger partial charge >= 0.3 is 12.3 Å². The van der Waals surface area contributed by atoms with Crippen LogP contribution in [0.2, 0.25) is 0 Å². The third-order valence-electron chi connectivity index (χ3n) is 4.45. The first-order chi connectivity index (χ1) is 13.7.